The molecule has 1 saturated carbocycles. The predicted molar refractivity (Wildman–Crippen MR) is 66.9 cm³/mol. The largest absolute Gasteiger partial charge is 0.468 e. The Kier molecular flexibility index (Phi) is 4.19. The molecule has 1 unspecified atom stereocenters. The van der Waals surface area contributed by atoms with E-state index in [9.17, 15) is 9.18 Å². The molecule has 1 aliphatic carbocycles. The van der Waals surface area contributed by atoms with Crippen LogP contribution in [0.5, 0.6) is 0 Å². The first-order valence-electron chi connectivity index (χ1n) is 5.87. The fraction of sp³-hybridized carbons (Fsp3) is 0.462. The van der Waals surface area contributed by atoms with Gasteiger partial charge in [0.25, 0.3) is 0 Å². The third-order valence-electron chi connectivity index (χ3n) is 2.96. The number of hydrogen-bond acceptors (Lipinski definition) is 3. The summed E-state index contributed by atoms with van der Waals surface area (Å²) in [7, 11) is 1.31. The van der Waals surface area contributed by atoms with E-state index in [0.717, 1.165) is 6.54 Å². The lowest BCUT2D eigenvalue weighted by molar-refractivity contribution is -0.143. The Morgan fingerprint density at radius 2 is 2.28 bits per heavy atom. The van der Waals surface area contributed by atoms with Crippen LogP contribution in [-0.2, 0) is 9.53 Å². The maximum absolute atomic E-state index is 13.3. The average Bonchev–Trinajstić information content (AvgIpc) is 3.11. The van der Waals surface area contributed by atoms with E-state index in [1.54, 1.807) is 6.07 Å². The number of esters is 1. The first-order valence-corrected chi connectivity index (χ1v) is 6.25. The summed E-state index contributed by atoms with van der Waals surface area (Å²) in [6, 6.07) is 3.42. The van der Waals surface area contributed by atoms with Crippen LogP contribution in [0.1, 0.15) is 24.4 Å². The topological polar surface area (TPSA) is 38.3 Å². The van der Waals surface area contributed by atoms with E-state index >= 15 is 0 Å². The van der Waals surface area contributed by atoms with Crippen LogP contribution >= 0.6 is 11.6 Å². The van der Waals surface area contributed by atoms with Gasteiger partial charge in [0.1, 0.15) is 11.9 Å². The standard InChI is InChI=1S/C13H15ClFNO2/c1-18-13(17)12(16-7-8-2-3-8)9-4-10(14)6-11(15)5-9/h4-6,8,12,16H,2-3,7H2,1H3. The average molecular weight is 272 g/mol. The fourth-order valence-corrected chi connectivity index (χ4v) is 2.03. The van der Waals surface area contributed by atoms with E-state index in [-0.39, 0.29) is 5.02 Å². The zero-order chi connectivity index (χ0) is 13.1. The van der Waals surface area contributed by atoms with Crippen LogP contribution in [0.4, 0.5) is 4.39 Å². The number of carbonyl (C=O) groups excluding carboxylic acids is 1. The highest BCUT2D eigenvalue weighted by Crippen LogP contribution is 2.29. The van der Waals surface area contributed by atoms with Gasteiger partial charge in [-0.15, -0.1) is 0 Å². The van der Waals surface area contributed by atoms with Gasteiger partial charge in [0, 0.05) is 5.02 Å². The Balaban J connectivity index is 2.16. The van der Waals surface area contributed by atoms with E-state index in [0.29, 0.717) is 11.5 Å². The van der Waals surface area contributed by atoms with Gasteiger partial charge < -0.3 is 10.1 Å². The summed E-state index contributed by atoms with van der Waals surface area (Å²) in [5, 5.41) is 3.37. The van der Waals surface area contributed by atoms with Crippen molar-refractivity contribution in [1.29, 1.82) is 0 Å². The van der Waals surface area contributed by atoms with Crippen LogP contribution in [0.15, 0.2) is 18.2 Å². The highest BCUT2D eigenvalue weighted by Gasteiger charge is 2.27. The summed E-state index contributed by atoms with van der Waals surface area (Å²) >= 11 is 5.80. The van der Waals surface area contributed by atoms with Gasteiger partial charge in [-0.25, -0.2) is 9.18 Å². The zero-order valence-electron chi connectivity index (χ0n) is 10.1. The number of benzene rings is 1. The predicted octanol–water partition coefficient (Wildman–Crippen LogP) is 2.69. The third kappa shape index (κ3) is 3.43. The van der Waals surface area contributed by atoms with Crippen molar-refractivity contribution in [1.82, 2.24) is 5.32 Å². The molecule has 1 aromatic carbocycles. The van der Waals surface area contributed by atoms with Gasteiger partial charge in [0.15, 0.2) is 0 Å². The van der Waals surface area contributed by atoms with Crippen molar-refractivity contribution in [3.8, 4) is 0 Å². The van der Waals surface area contributed by atoms with Gasteiger partial charge in [-0.3, -0.25) is 0 Å². The molecule has 0 amide bonds. The lowest BCUT2D eigenvalue weighted by Gasteiger charge is -2.17. The highest BCUT2D eigenvalue weighted by molar-refractivity contribution is 6.30. The lowest BCUT2D eigenvalue weighted by Crippen LogP contribution is -2.31. The van der Waals surface area contributed by atoms with Crippen molar-refractivity contribution in [3.63, 3.8) is 0 Å². The van der Waals surface area contributed by atoms with E-state index in [1.165, 1.54) is 32.1 Å². The van der Waals surface area contributed by atoms with Gasteiger partial charge >= 0.3 is 5.97 Å². The van der Waals surface area contributed by atoms with Crippen molar-refractivity contribution in [2.75, 3.05) is 13.7 Å². The van der Waals surface area contributed by atoms with Crippen LogP contribution in [0, 0.1) is 11.7 Å². The maximum atomic E-state index is 13.3. The molecule has 1 aromatic rings. The normalized spacial score (nSPS) is 16.4. The molecular formula is C13H15ClFNO2. The molecule has 1 N–H and O–H groups in total. The van der Waals surface area contributed by atoms with Crippen LogP contribution in [0.25, 0.3) is 0 Å². The molecule has 1 fully saturated rings. The van der Waals surface area contributed by atoms with Crippen molar-refractivity contribution in [2.45, 2.75) is 18.9 Å². The third-order valence-corrected chi connectivity index (χ3v) is 3.18. The Labute approximate surface area is 110 Å². The number of methoxy groups -OCH3 is 1. The van der Waals surface area contributed by atoms with E-state index < -0.39 is 17.8 Å². The second-order valence-corrected chi connectivity index (χ2v) is 4.95. The number of hydrogen-bond donors (Lipinski definition) is 1. The van der Waals surface area contributed by atoms with Crippen molar-refractivity contribution < 1.29 is 13.9 Å². The molecule has 2 rings (SSSR count). The highest BCUT2D eigenvalue weighted by atomic mass is 35.5. The Bertz CT molecular complexity index is 428. The van der Waals surface area contributed by atoms with Crippen LogP contribution < -0.4 is 5.32 Å². The summed E-state index contributed by atoms with van der Waals surface area (Å²) < 4.78 is 18.0. The Hall–Kier alpha value is -1.13. The van der Waals surface area contributed by atoms with Crippen LogP contribution in [0.2, 0.25) is 5.02 Å². The quantitative estimate of drug-likeness (QED) is 0.837. The molecule has 0 aromatic heterocycles. The molecule has 0 spiro atoms. The van der Waals surface area contributed by atoms with E-state index in [2.05, 4.69) is 5.32 Å². The SMILES string of the molecule is COC(=O)C(NCC1CC1)c1cc(F)cc(Cl)c1. The van der Waals surface area contributed by atoms with Crippen molar-refractivity contribution in [3.05, 3.63) is 34.6 Å². The molecule has 18 heavy (non-hydrogen) atoms. The Morgan fingerprint density at radius 3 is 2.83 bits per heavy atom. The zero-order valence-corrected chi connectivity index (χ0v) is 10.8. The molecule has 0 bridgehead atoms. The van der Waals surface area contributed by atoms with Gasteiger partial charge in [0.2, 0.25) is 0 Å². The summed E-state index contributed by atoms with van der Waals surface area (Å²) in [5.74, 6) is -0.280. The lowest BCUT2D eigenvalue weighted by atomic mass is 10.1. The molecule has 1 aliphatic rings. The molecular weight excluding hydrogens is 257 g/mol. The summed E-state index contributed by atoms with van der Waals surface area (Å²) in [6.45, 7) is 0.730. The first kappa shape index (κ1) is 13.3. The van der Waals surface area contributed by atoms with Crippen molar-refractivity contribution in [2.24, 2.45) is 5.92 Å². The second kappa shape index (κ2) is 5.67. The van der Waals surface area contributed by atoms with Gasteiger partial charge in [-0.05, 0) is 49.1 Å². The monoisotopic (exact) mass is 271 g/mol. The molecule has 0 saturated heterocycles. The molecule has 98 valence electrons. The number of rotatable bonds is 5. The molecule has 0 radical (unpaired) electrons. The molecule has 3 nitrogen and oxygen atoms in total. The number of halogens is 2. The number of ether oxygens (including phenoxy) is 1. The minimum atomic E-state index is -0.663. The first-order chi connectivity index (χ1) is 8.60. The second-order valence-electron chi connectivity index (χ2n) is 4.51. The minimum Gasteiger partial charge on any atom is -0.468 e. The van der Waals surface area contributed by atoms with Gasteiger partial charge in [0.05, 0.1) is 7.11 Å². The smallest absolute Gasteiger partial charge is 0.327 e. The summed E-state index contributed by atoms with van der Waals surface area (Å²) in [6.07, 6.45) is 2.34. The number of nitrogens with one attached hydrogen (secondary N) is 1. The fourth-order valence-electron chi connectivity index (χ4n) is 1.80. The molecule has 5 heteroatoms. The Morgan fingerprint density at radius 1 is 1.56 bits per heavy atom. The summed E-state index contributed by atoms with van der Waals surface area (Å²) in [5.41, 5.74) is 0.493. The van der Waals surface area contributed by atoms with Crippen LogP contribution in [0.3, 0.4) is 0 Å². The van der Waals surface area contributed by atoms with Gasteiger partial charge in [-0.1, -0.05) is 11.6 Å². The van der Waals surface area contributed by atoms with Crippen molar-refractivity contribution >= 4 is 17.6 Å². The molecule has 0 heterocycles. The summed E-state index contributed by atoms with van der Waals surface area (Å²) in [4.78, 5) is 11.7. The minimum absolute atomic E-state index is 0.270. The van der Waals surface area contributed by atoms with Gasteiger partial charge in [-0.2, -0.15) is 0 Å². The number of carbonyl (C=O) groups is 1. The van der Waals surface area contributed by atoms with Crippen LogP contribution in [-0.4, -0.2) is 19.6 Å². The molecule has 0 aliphatic heterocycles. The molecule has 1 atom stereocenters. The maximum Gasteiger partial charge on any atom is 0.327 e. The van der Waals surface area contributed by atoms with E-state index in [4.69, 9.17) is 16.3 Å². The van der Waals surface area contributed by atoms with E-state index in [1.807, 2.05) is 0 Å².